The number of nitrogens with one attached hydrogen (secondary N) is 1. The van der Waals surface area contributed by atoms with Gasteiger partial charge in [0.1, 0.15) is 11.6 Å². The molecule has 0 aliphatic carbocycles. The first kappa shape index (κ1) is 15.6. The van der Waals surface area contributed by atoms with Crippen molar-refractivity contribution in [2.75, 3.05) is 54.4 Å². The van der Waals surface area contributed by atoms with Gasteiger partial charge in [-0.15, -0.1) is 0 Å². The number of morpholine rings is 1. The maximum absolute atomic E-state index is 12.0. The molecule has 0 unspecified atom stereocenters. The maximum Gasteiger partial charge on any atom is 0.281 e. The van der Waals surface area contributed by atoms with E-state index in [2.05, 4.69) is 5.32 Å². The van der Waals surface area contributed by atoms with Crippen molar-refractivity contribution >= 4 is 16.1 Å². The van der Waals surface area contributed by atoms with E-state index in [0.717, 1.165) is 0 Å². The molecule has 0 radical (unpaired) electrons. The fourth-order valence-electron chi connectivity index (χ4n) is 2.62. The highest BCUT2D eigenvalue weighted by Crippen LogP contribution is 2.32. The highest BCUT2D eigenvalue weighted by atomic mass is 32.2. The van der Waals surface area contributed by atoms with Crippen LogP contribution in [0.15, 0.2) is 0 Å². The summed E-state index contributed by atoms with van der Waals surface area (Å²) in [5, 5.41) is 2.60. The molecule has 1 N–H and O–H groups in total. The quantitative estimate of drug-likeness (QED) is 0.647. The van der Waals surface area contributed by atoms with Crippen LogP contribution in [0, 0.1) is 0 Å². The molecule has 0 saturated carbocycles. The van der Waals surface area contributed by atoms with E-state index < -0.39 is 15.8 Å². The standard InChI is InChI=1S/C11H22N4O4S/c1-12-10(16)9-5-19-11(6-14(9)4)7-15(8-11)20(17,18)13(2)3/h9H,5-8H2,1-4H3,(H,12,16)/t9-/m1/s1. The third-order valence-corrected chi connectivity index (χ3v) is 5.72. The molecule has 116 valence electrons. The van der Waals surface area contributed by atoms with Crippen molar-refractivity contribution in [1.82, 2.24) is 18.8 Å². The van der Waals surface area contributed by atoms with Crippen molar-refractivity contribution in [1.29, 1.82) is 0 Å². The molecule has 9 heteroatoms. The molecule has 1 spiro atoms. The first-order valence-corrected chi connectivity index (χ1v) is 7.85. The van der Waals surface area contributed by atoms with Gasteiger partial charge in [0.2, 0.25) is 5.91 Å². The molecule has 2 saturated heterocycles. The third kappa shape index (κ3) is 2.56. The number of amides is 1. The van der Waals surface area contributed by atoms with Gasteiger partial charge in [0.15, 0.2) is 0 Å². The SMILES string of the molecule is CNC(=O)[C@H]1COC2(CN1C)CN(S(=O)(=O)N(C)C)C2. The average molecular weight is 306 g/mol. The monoisotopic (exact) mass is 306 g/mol. The Morgan fingerprint density at radius 1 is 1.35 bits per heavy atom. The van der Waals surface area contributed by atoms with Crippen LogP contribution in [0.3, 0.4) is 0 Å². The number of hydrogen-bond acceptors (Lipinski definition) is 5. The molecule has 0 bridgehead atoms. The zero-order valence-electron chi connectivity index (χ0n) is 12.3. The fourth-order valence-corrected chi connectivity index (χ4v) is 3.88. The zero-order chi connectivity index (χ0) is 15.1. The van der Waals surface area contributed by atoms with Gasteiger partial charge in [-0.25, -0.2) is 0 Å². The van der Waals surface area contributed by atoms with Gasteiger partial charge in [0, 0.05) is 40.8 Å². The Balaban J connectivity index is 1.97. The Labute approximate surface area is 119 Å². The van der Waals surface area contributed by atoms with Crippen molar-refractivity contribution in [3.05, 3.63) is 0 Å². The highest BCUT2D eigenvalue weighted by molar-refractivity contribution is 7.86. The van der Waals surface area contributed by atoms with E-state index in [4.69, 9.17) is 4.74 Å². The summed E-state index contributed by atoms with van der Waals surface area (Å²) in [6.45, 7) is 1.49. The van der Waals surface area contributed by atoms with Gasteiger partial charge in [-0.05, 0) is 7.05 Å². The van der Waals surface area contributed by atoms with Gasteiger partial charge in [-0.3, -0.25) is 9.69 Å². The number of rotatable bonds is 3. The average Bonchev–Trinajstić information content (AvgIpc) is 2.34. The van der Waals surface area contributed by atoms with E-state index in [1.807, 2.05) is 11.9 Å². The molecule has 2 rings (SSSR count). The summed E-state index contributed by atoms with van der Waals surface area (Å²) in [5.74, 6) is -0.0838. The lowest BCUT2D eigenvalue weighted by molar-refractivity contribution is -0.181. The Kier molecular flexibility index (Phi) is 4.09. The topological polar surface area (TPSA) is 82.2 Å². The van der Waals surface area contributed by atoms with Crippen molar-refractivity contribution in [2.45, 2.75) is 11.6 Å². The molecule has 2 aliphatic rings. The molecule has 0 aromatic carbocycles. The summed E-state index contributed by atoms with van der Waals surface area (Å²) in [6, 6.07) is -0.315. The van der Waals surface area contributed by atoms with Gasteiger partial charge in [-0.2, -0.15) is 17.0 Å². The minimum atomic E-state index is -3.38. The Morgan fingerprint density at radius 3 is 2.40 bits per heavy atom. The van der Waals surface area contributed by atoms with Crippen LogP contribution in [0.2, 0.25) is 0 Å². The second-order valence-electron chi connectivity index (χ2n) is 5.60. The van der Waals surface area contributed by atoms with E-state index in [-0.39, 0.29) is 18.6 Å². The molecular weight excluding hydrogens is 284 g/mol. The number of hydrogen-bond donors (Lipinski definition) is 1. The van der Waals surface area contributed by atoms with Crippen molar-refractivity contribution in [3.8, 4) is 0 Å². The largest absolute Gasteiger partial charge is 0.369 e. The van der Waals surface area contributed by atoms with Gasteiger partial charge < -0.3 is 10.1 Å². The predicted molar refractivity (Wildman–Crippen MR) is 73.3 cm³/mol. The number of carbonyl (C=O) groups is 1. The lowest BCUT2D eigenvalue weighted by atomic mass is 9.93. The summed E-state index contributed by atoms with van der Waals surface area (Å²) in [5.41, 5.74) is -0.484. The van der Waals surface area contributed by atoms with Gasteiger partial charge >= 0.3 is 0 Å². The van der Waals surface area contributed by atoms with Crippen LogP contribution < -0.4 is 5.32 Å². The van der Waals surface area contributed by atoms with Crippen LogP contribution in [0.1, 0.15) is 0 Å². The van der Waals surface area contributed by atoms with Crippen LogP contribution in [-0.2, 0) is 19.7 Å². The van der Waals surface area contributed by atoms with E-state index in [1.54, 1.807) is 7.05 Å². The summed E-state index contributed by atoms with van der Waals surface area (Å²) < 4.78 is 32.3. The molecule has 0 aromatic rings. The molecule has 8 nitrogen and oxygen atoms in total. The summed E-state index contributed by atoms with van der Waals surface area (Å²) in [6.07, 6.45) is 0. The van der Waals surface area contributed by atoms with E-state index >= 15 is 0 Å². The van der Waals surface area contributed by atoms with E-state index in [1.165, 1.54) is 22.7 Å². The van der Waals surface area contributed by atoms with Crippen LogP contribution in [0.25, 0.3) is 0 Å². The van der Waals surface area contributed by atoms with Crippen LogP contribution in [0.4, 0.5) is 0 Å². The first-order valence-electron chi connectivity index (χ1n) is 6.45. The van der Waals surface area contributed by atoms with Gasteiger partial charge in [0.05, 0.1) is 6.61 Å². The van der Waals surface area contributed by atoms with Gasteiger partial charge in [-0.1, -0.05) is 0 Å². The minimum absolute atomic E-state index is 0.0838. The summed E-state index contributed by atoms with van der Waals surface area (Å²) in [7, 11) is 3.09. The van der Waals surface area contributed by atoms with Gasteiger partial charge in [0.25, 0.3) is 10.2 Å². The third-order valence-electron chi connectivity index (χ3n) is 3.88. The summed E-state index contributed by atoms with van der Waals surface area (Å²) >= 11 is 0. The van der Waals surface area contributed by atoms with Crippen LogP contribution in [0.5, 0.6) is 0 Å². The zero-order valence-corrected chi connectivity index (χ0v) is 13.1. The Hall–Kier alpha value is -0.740. The second kappa shape index (κ2) is 5.23. The molecule has 2 aliphatic heterocycles. The number of likely N-dealkylation sites (N-methyl/N-ethyl adjacent to an activating group) is 2. The number of carbonyl (C=O) groups excluding carboxylic acids is 1. The van der Waals surface area contributed by atoms with Crippen molar-refractivity contribution < 1.29 is 17.9 Å². The molecule has 0 aromatic heterocycles. The molecule has 2 heterocycles. The first-order chi connectivity index (χ1) is 9.22. The molecule has 1 atom stereocenters. The lowest BCUT2D eigenvalue weighted by Crippen LogP contribution is -2.73. The molecule has 20 heavy (non-hydrogen) atoms. The van der Waals surface area contributed by atoms with Crippen molar-refractivity contribution in [3.63, 3.8) is 0 Å². The molecular formula is C11H22N4O4S. The second-order valence-corrected chi connectivity index (χ2v) is 7.74. The smallest absolute Gasteiger partial charge is 0.281 e. The number of nitrogens with zero attached hydrogens (tertiary/aromatic N) is 3. The lowest BCUT2D eigenvalue weighted by Gasteiger charge is -2.54. The van der Waals surface area contributed by atoms with Crippen molar-refractivity contribution in [2.24, 2.45) is 0 Å². The Bertz CT molecular complexity index is 487. The Morgan fingerprint density at radius 2 is 1.95 bits per heavy atom. The normalized spacial score (nSPS) is 27.6. The van der Waals surface area contributed by atoms with E-state index in [9.17, 15) is 13.2 Å². The van der Waals surface area contributed by atoms with E-state index in [0.29, 0.717) is 19.6 Å². The van der Waals surface area contributed by atoms with Crippen LogP contribution in [-0.4, -0.2) is 93.9 Å². The minimum Gasteiger partial charge on any atom is -0.369 e. The predicted octanol–water partition coefficient (Wildman–Crippen LogP) is -2.08. The molecule has 1 amide bonds. The fraction of sp³-hybridized carbons (Fsp3) is 0.909. The highest BCUT2D eigenvalue weighted by Gasteiger charge is 2.53. The summed E-state index contributed by atoms with van der Waals surface area (Å²) in [4.78, 5) is 13.6. The van der Waals surface area contributed by atoms with Crippen LogP contribution >= 0.6 is 0 Å². The maximum atomic E-state index is 12.0. The number of ether oxygens (including phenoxy) is 1. The molecule has 2 fully saturated rings.